The Labute approximate surface area is 77.5 Å². The Morgan fingerprint density at radius 2 is 1.46 bits per heavy atom. The lowest BCUT2D eigenvalue weighted by Gasteiger charge is -2.33. The normalized spacial score (nSPS) is 45.7. The summed E-state index contributed by atoms with van der Waals surface area (Å²) >= 11 is 0. The molecule has 3 unspecified atom stereocenters. The molecule has 2 rings (SSSR count). The van der Waals surface area contributed by atoms with E-state index in [9.17, 15) is 13.2 Å². The fourth-order valence-corrected chi connectivity index (χ4v) is 2.47. The minimum atomic E-state index is -3.06. The Hall–Kier alpha value is -0.210. The van der Waals surface area contributed by atoms with Crippen LogP contribution in [-0.4, -0.2) is 11.6 Å². The summed E-state index contributed by atoms with van der Waals surface area (Å²) in [5, 5.41) is 0. The highest BCUT2D eigenvalue weighted by Gasteiger charge is 2.68. The fraction of sp³-hybridized carbons (Fsp3) is 1.00. The predicted molar refractivity (Wildman–Crippen MR) is 46.6 cm³/mol. The molecule has 0 saturated heterocycles. The first-order chi connectivity index (χ1) is 5.96. The van der Waals surface area contributed by atoms with Gasteiger partial charge in [0.25, 0.3) is 5.92 Å². The average molecular weight is 194 g/mol. The summed E-state index contributed by atoms with van der Waals surface area (Å²) in [7, 11) is 0. The largest absolute Gasteiger partial charge is 0.284 e. The summed E-state index contributed by atoms with van der Waals surface area (Å²) in [5.74, 6) is -4.12. The van der Waals surface area contributed by atoms with Gasteiger partial charge in [-0.1, -0.05) is 13.8 Å². The quantitative estimate of drug-likeness (QED) is 0.550. The summed E-state index contributed by atoms with van der Waals surface area (Å²) in [4.78, 5) is 0. The topological polar surface area (TPSA) is 0 Å². The van der Waals surface area contributed by atoms with E-state index in [1.807, 2.05) is 13.8 Å². The number of fused-ring (bicyclic) bond motifs is 2. The summed E-state index contributed by atoms with van der Waals surface area (Å²) in [6.45, 7) is 5.05. The van der Waals surface area contributed by atoms with Gasteiger partial charge in [-0.25, -0.2) is 13.2 Å². The summed E-state index contributed by atoms with van der Waals surface area (Å²) in [6, 6.07) is 0. The van der Waals surface area contributed by atoms with E-state index >= 15 is 0 Å². The number of alkyl halides is 3. The first-order valence-corrected chi connectivity index (χ1v) is 5.03. The van der Waals surface area contributed by atoms with E-state index in [0.717, 1.165) is 6.92 Å². The number of halogens is 3. The van der Waals surface area contributed by atoms with Crippen molar-refractivity contribution in [3.63, 3.8) is 0 Å². The van der Waals surface area contributed by atoms with Gasteiger partial charge in [0.15, 0.2) is 5.67 Å². The smallest absolute Gasteiger partial charge is 0.237 e. The highest BCUT2D eigenvalue weighted by molar-refractivity contribution is 5.10. The van der Waals surface area contributed by atoms with E-state index in [-0.39, 0.29) is 5.92 Å². The van der Waals surface area contributed by atoms with Crippen molar-refractivity contribution in [3.05, 3.63) is 0 Å². The Balaban J connectivity index is 0.000000396. The van der Waals surface area contributed by atoms with Gasteiger partial charge in [0.1, 0.15) is 0 Å². The van der Waals surface area contributed by atoms with Crippen molar-refractivity contribution in [2.24, 2.45) is 11.8 Å². The second kappa shape index (κ2) is 3.18. The summed E-state index contributed by atoms with van der Waals surface area (Å²) in [6.07, 6.45) is 1.55. The highest BCUT2D eigenvalue weighted by atomic mass is 19.3. The van der Waals surface area contributed by atoms with Crippen molar-refractivity contribution < 1.29 is 13.2 Å². The van der Waals surface area contributed by atoms with Gasteiger partial charge in [0, 0.05) is 5.92 Å². The summed E-state index contributed by atoms with van der Waals surface area (Å²) in [5.41, 5.74) is -2.23. The predicted octanol–water partition coefficient (Wildman–Crippen LogP) is 3.81. The monoisotopic (exact) mass is 194 g/mol. The SMILES string of the molecule is CC.CC1(F)C2CCC(C2)C1(F)F. The van der Waals surface area contributed by atoms with Crippen LogP contribution >= 0.6 is 0 Å². The molecule has 0 heterocycles. The van der Waals surface area contributed by atoms with E-state index < -0.39 is 17.5 Å². The molecule has 2 bridgehead atoms. The lowest BCUT2D eigenvalue weighted by molar-refractivity contribution is -0.161. The maximum absolute atomic E-state index is 13.3. The molecule has 0 radical (unpaired) electrons. The second-order valence-corrected chi connectivity index (χ2v) is 3.91. The first-order valence-electron chi connectivity index (χ1n) is 5.03. The number of hydrogen-bond acceptors (Lipinski definition) is 0. The molecular weight excluding hydrogens is 177 g/mol. The molecule has 2 saturated carbocycles. The lowest BCUT2D eigenvalue weighted by atomic mass is 9.84. The zero-order chi connectivity index (χ0) is 10.3. The minimum Gasteiger partial charge on any atom is -0.237 e. The maximum atomic E-state index is 13.3. The van der Waals surface area contributed by atoms with Crippen molar-refractivity contribution in [1.82, 2.24) is 0 Å². The van der Waals surface area contributed by atoms with Gasteiger partial charge in [0.2, 0.25) is 0 Å². The third kappa shape index (κ3) is 1.27. The second-order valence-electron chi connectivity index (χ2n) is 3.91. The third-order valence-electron chi connectivity index (χ3n) is 3.36. The van der Waals surface area contributed by atoms with Gasteiger partial charge in [-0.2, -0.15) is 0 Å². The Morgan fingerprint density at radius 1 is 1.00 bits per heavy atom. The maximum Gasteiger partial charge on any atom is 0.284 e. The summed E-state index contributed by atoms with van der Waals surface area (Å²) < 4.78 is 39.4. The molecule has 3 atom stereocenters. The molecule has 0 spiro atoms. The molecule has 0 aromatic heterocycles. The average Bonchev–Trinajstić information content (AvgIpc) is 2.60. The molecule has 0 aromatic carbocycles. The van der Waals surface area contributed by atoms with Crippen LogP contribution < -0.4 is 0 Å². The lowest BCUT2D eigenvalue weighted by Crippen LogP contribution is -2.46. The zero-order valence-electron chi connectivity index (χ0n) is 8.41. The molecule has 13 heavy (non-hydrogen) atoms. The number of rotatable bonds is 0. The third-order valence-corrected chi connectivity index (χ3v) is 3.36. The number of hydrogen-bond donors (Lipinski definition) is 0. The van der Waals surface area contributed by atoms with Gasteiger partial charge in [-0.15, -0.1) is 0 Å². The molecule has 3 heteroatoms. The molecule has 78 valence electrons. The van der Waals surface area contributed by atoms with Crippen LogP contribution in [0, 0.1) is 11.8 Å². The molecule has 2 aliphatic rings. The van der Waals surface area contributed by atoms with Gasteiger partial charge < -0.3 is 0 Å². The van der Waals surface area contributed by atoms with Gasteiger partial charge in [-0.3, -0.25) is 0 Å². The Bertz CT molecular complexity index is 167. The van der Waals surface area contributed by atoms with E-state index in [1.165, 1.54) is 0 Å². The Kier molecular flexibility index (Phi) is 2.65. The van der Waals surface area contributed by atoms with E-state index in [2.05, 4.69) is 0 Å². The molecular formula is C10H17F3. The molecule has 0 amide bonds. The van der Waals surface area contributed by atoms with Crippen molar-refractivity contribution in [3.8, 4) is 0 Å². The van der Waals surface area contributed by atoms with Crippen molar-refractivity contribution in [2.75, 3.05) is 0 Å². The van der Waals surface area contributed by atoms with Crippen LogP contribution in [0.1, 0.15) is 40.0 Å². The molecule has 0 aliphatic heterocycles. The molecule has 0 N–H and O–H groups in total. The van der Waals surface area contributed by atoms with Crippen LogP contribution in [-0.2, 0) is 0 Å². The van der Waals surface area contributed by atoms with Crippen molar-refractivity contribution >= 4 is 0 Å². The van der Waals surface area contributed by atoms with Gasteiger partial charge in [-0.05, 0) is 32.1 Å². The standard InChI is InChI=1S/C8H11F3.C2H6/c1-7(9)5-2-3-6(4-5)8(7,10)11;1-2/h5-6H,2-4H2,1H3;1-2H3. The van der Waals surface area contributed by atoms with E-state index in [0.29, 0.717) is 19.3 Å². The van der Waals surface area contributed by atoms with Crippen LogP contribution in [0.5, 0.6) is 0 Å². The van der Waals surface area contributed by atoms with Crippen LogP contribution in [0.2, 0.25) is 0 Å². The highest BCUT2D eigenvalue weighted by Crippen LogP contribution is 2.61. The first kappa shape index (κ1) is 10.9. The van der Waals surface area contributed by atoms with Crippen LogP contribution in [0.3, 0.4) is 0 Å². The minimum absolute atomic E-state index is 0.387. The van der Waals surface area contributed by atoms with Crippen LogP contribution in [0.25, 0.3) is 0 Å². The fourth-order valence-electron chi connectivity index (χ4n) is 2.47. The molecule has 2 fully saturated rings. The van der Waals surface area contributed by atoms with Gasteiger partial charge in [0.05, 0.1) is 0 Å². The van der Waals surface area contributed by atoms with Gasteiger partial charge >= 0.3 is 0 Å². The van der Waals surface area contributed by atoms with E-state index in [4.69, 9.17) is 0 Å². The van der Waals surface area contributed by atoms with Crippen LogP contribution in [0.15, 0.2) is 0 Å². The van der Waals surface area contributed by atoms with E-state index in [1.54, 1.807) is 0 Å². The molecule has 0 nitrogen and oxygen atoms in total. The molecule has 2 aliphatic carbocycles. The van der Waals surface area contributed by atoms with Crippen molar-refractivity contribution in [1.29, 1.82) is 0 Å². The molecule has 0 aromatic rings. The zero-order valence-corrected chi connectivity index (χ0v) is 8.41. The van der Waals surface area contributed by atoms with Crippen LogP contribution in [0.4, 0.5) is 13.2 Å². The Morgan fingerprint density at radius 3 is 1.69 bits per heavy atom. The van der Waals surface area contributed by atoms with Crippen molar-refractivity contribution in [2.45, 2.75) is 51.6 Å².